The SMILES string of the molecule is COc1ccncc1CC1CCCCN1C(=O)Cc1ccc(C(F)(F)F)nc1. The van der Waals surface area contributed by atoms with Crippen LogP contribution in [0.25, 0.3) is 0 Å². The van der Waals surface area contributed by atoms with Gasteiger partial charge in [-0.05, 0) is 43.4 Å². The number of carbonyl (C=O) groups is 1. The molecule has 1 saturated heterocycles. The van der Waals surface area contributed by atoms with E-state index in [0.29, 0.717) is 18.5 Å². The molecule has 8 heteroatoms. The van der Waals surface area contributed by atoms with Crippen molar-refractivity contribution in [2.45, 2.75) is 44.3 Å². The van der Waals surface area contributed by atoms with Gasteiger partial charge in [0, 0.05) is 36.7 Å². The number of aromatic nitrogens is 2. The van der Waals surface area contributed by atoms with Crippen LogP contribution < -0.4 is 4.74 Å². The van der Waals surface area contributed by atoms with Crippen molar-refractivity contribution in [3.63, 3.8) is 0 Å². The zero-order valence-electron chi connectivity index (χ0n) is 15.6. The molecule has 1 unspecified atom stereocenters. The van der Waals surface area contributed by atoms with E-state index in [2.05, 4.69) is 9.97 Å². The highest BCUT2D eigenvalue weighted by molar-refractivity contribution is 5.79. The Morgan fingerprint density at radius 1 is 1.25 bits per heavy atom. The van der Waals surface area contributed by atoms with Crippen LogP contribution in [0, 0.1) is 0 Å². The van der Waals surface area contributed by atoms with Gasteiger partial charge in [0.2, 0.25) is 5.91 Å². The van der Waals surface area contributed by atoms with E-state index in [1.54, 1.807) is 25.6 Å². The van der Waals surface area contributed by atoms with Crippen molar-refractivity contribution in [2.75, 3.05) is 13.7 Å². The molecule has 0 bridgehead atoms. The summed E-state index contributed by atoms with van der Waals surface area (Å²) in [5, 5.41) is 0. The van der Waals surface area contributed by atoms with Gasteiger partial charge in [0.1, 0.15) is 11.4 Å². The quantitative estimate of drug-likeness (QED) is 0.778. The third-order valence-electron chi connectivity index (χ3n) is 4.95. The summed E-state index contributed by atoms with van der Waals surface area (Å²) in [5.41, 5.74) is 0.454. The molecule has 3 heterocycles. The first-order chi connectivity index (χ1) is 13.4. The van der Waals surface area contributed by atoms with Crippen LogP contribution in [0.5, 0.6) is 5.75 Å². The number of likely N-dealkylation sites (tertiary alicyclic amines) is 1. The van der Waals surface area contributed by atoms with Gasteiger partial charge in [0.25, 0.3) is 0 Å². The summed E-state index contributed by atoms with van der Waals surface area (Å²) in [5.74, 6) is 0.633. The van der Waals surface area contributed by atoms with Crippen LogP contribution >= 0.6 is 0 Å². The molecule has 0 aromatic carbocycles. The van der Waals surface area contributed by atoms with E-state index in [9.17, 15) is 18.0 Å². The zero-order valence-corrected chi connectivity index (χ0v) is 15.6. The van der Waals surface area contributed by atoms with Gasteiger partial charge in [0.05, 0.1) is 13.5 Å². The number of methoxy groups -OCH3 is 1. The molecule has 0 saturated carbocycles. The number of alkyl halides is 3. The summed E-state index contributed by atoms with van der Waals surface area (Å²) in [4.78, 5) is 22.2. The molecule has 3 rings (SSSR count). The number of ether oxygens (including phenoxy) is 1. The normalized spacial score (nSPS) is 17.4. The van der Waals surface area contributed by atoms with Gasteiger partial charge in [-0.25, -0.2) is 0 Å². The Labute approximate surface area is 161 Å². The zero-order chi connectivity index (χ0) is 20.1. The summed E-state index contributed by atoms with van der Waals surface area (Å²) in [6.07, 6.45) is 3.53. The minimum Gasteiger partial charge on any atom is -0.496 e. The van der Waals surface area contributed by atoms with Crippen molar-refractivity contribution >= 4 is 5.91 Å². The predicted octanol–water partition coefficient (Wildman–Crippen LogP) is 3.67. The second-order valence-electron chi connectivity index (χ2n) is 6.85. The number of pyridine rings is 2. The summed E-state index contributed by atoms with van der Waals surface area (Å²) in [6, 6.07) is 4.04. The van der Waals surface area contributed by atoms with Crippen molar-refractivity contribution in [3.05, 3.63) is 53.6 Å². The molecule has 1 atom stereocenters. The molecule has 2 aromatic heterocycles. The van der Waals surface area contributed by atoms with E-state index in [1.165, 1.54) is 6.07 Å². The second kappa shape index (κ2) is 8.58. The van der Waals surface area contributed by atoms with Crippen LogP contribution in [-0.4, -0.2) is 40.5 Å². The maximum Gasteiger partial charge on any atom is 0.433 e. The molecule has 0 radical (unpaired) electrons. The Morgan fingerprint density at radius 3 is 2.75 bits per heavy atom. The molecule has 0 N–H and O–H groups in total. The van der Waals surface area contributed by atoms with Gasteiger partial charge < -0.3 is 9.64 Å². The number of carbonyl (C=O) groups excluding carboxylic acids is 1. The van der Waals surface area contributed by atoms with Gasteiger partial charge in [-0.3, -0.25) is 14.8 Å². The molecular formula is C20H22F3N3O2. The lowest BCUT2D eigenvalue weighted by molar-refractivity contribution is -0.141. The lowest BCUT2D eigenvalue weighted by Gasteiger charge is -2.36. The predicted molar refractivity (Wildman–Crippen MR) is 96.8 cm³/mol. The molecule has 1 fully saturated rings. The Bertz CT molecular complexity index is 809. The first-order valence-electron chi connectivity index (χ1n) is 9.17. The minimum absolute atomic E-state index is 0.0155. The summed E-state index contributed by atoms with van der Waals surface area (Å²) in [6.45, 7) is 0.639. The van der Waals surface area contributed by atoms with Crippen molar-refractivity contribution in [3.8, 4) is 5.75 Å². The number of amides is 1. The smallest absolute Gasteiger partial charge is 0.433 e. The van der Waals surface area contributed by atoms with Gasteiger partial charge in [-0.2, -0.15) is 13.2 Å². The fraction of sp³-hybridized carbons (Fsp3) is 0.450. The average molecular weight is 393 g/mol. The van der Waals surface area contributed by atoms with Crippen molar-refractivity contribution < 1.29 is 22.7 Å². The largest absolute Gasteiger partial charge is 0.496 e. The van der Waals surface area contributed by atoms with E-state index in [1.807, 2.05) is 4.90 Å². The fourth-order valence-corrected chi connectivity index (χ4v) is 3.53. The van der Waals surface area contributed by atoms with Crippen LogP contribution in [0.15, 0.2) is 36.8 Å². The molecule has 0 aliphatic carbocycles. The Morgan fingerprint density at radius 2 is 2.07 bits per heavy atom. The maximum absolute atomic E-state index is 12.8. The minimum atomic E-state index is -4.48. The molecular weight excluding hydrogens is 371 g/mol. The van der Waals surface area contributed by atoms with Crippen LogP contribution in [0.4, 0.5) is 13.2 Å². The Kier molecular flexibility index (Phi) is 6.16. The topological polar surface area (TPSA) is 55.3 Å². The fourth-order valence-electron chi connectivity index (χ4n) is 3.53. The number of rotatable bonds is 5. The highest BCUT2D eigenvalue weighted by Gasteiger charge is 2.32. The molecule has 150 valence electrons. The third kappa shape index (κ3) is 4.79. The first kappa shape index (κ1) is 20.1. The van der Waals surface area contributed by atoms with E-state index in [0.717, 1.165) is 42.8 Å². The Hall–Kier alpha value is -2.64. The Balaban J connectivity index is 1.70. The summed E-state index contributed by atoms with van der Waals surface area (Å²) < 4.78 is 43.3. The highest BCUT2D eigenvalue weighted by Crippen LogP contribution is 2.28. The van der Waals surface area contributed by atoms with Crippen LogP contribution in [0.2, 0.25) is 0 Å². The van der Waals surface area contributed by atoms with E-state index in [4.69, 9.17) is 4.74 Å². The van der Waals surface area contributed by atoms with Gasteiger partial charge in [-0.15, -0.1) is 0 Å². The molecule has 28 heavy (non-hydrogen) atoms. The standard InChI is InChI=1S/C20H22F3N3O2/c1-28-17-7-8-24-13-15(17)11-16-4-2-3-9-26(16)19(27)10-14-5-6-18(25-12-14)20(21,22)23/h5-8,12-13,16H,2-4,9-11H2,1H3. The number of piperidine rings is 1. The van der Waals surface area contributed by atoms with Gasteiger partial charge >= 0.3 is 6.18 Å². The molecule has 1 aliphatic heterocycles. The lowest BCUT2D eigenvalue weighted by Crippen LogP contribution is -2.45. The van der Waals surface area contributed by atoms with E-state index in [-0.39, 0.29) is 18.4 Å². The molecule has 0 spiro atoms. The number of halogens is 3. The lowest BCUT2D eigenvalue weighted by atomic mass is 9.95. The molecule has 2 aromatic rings. The van der Waals surface area contributed by atoms with E-state index >= 15 is 0 Å². The van der Waals surface area contributed by atoms with Gasteiger partial charge in [-0.1, -0.05) is 6.07 Å². The number of hydrogen-bond donors (Lipinski definition) is 0. The molecule has 1 aliphatic rings. The van der Waals surface area contributed by atoms with Crippen LogP contribution in [0.3, 0.4) is 0 Å². The second-order valence-corrected chi connectivity index (χ2v) is 6.85. The van der Waals surface area contributed by atoms with Crippen molar-refractivity contribution in [2.24, 2.45) is 0 Å². The maximum atomic E-state index is 12.8. The van der Waals surface area contributed by atoms with E-state index < -0.39 is 11.9 Å². The third-order valence-corrected chi connectivity index (χ3v) is 4.95. The number of hydrogen-bond acceptors (Lipinski definition) is 4. The highest BCUT2D eigenvalue weighted by atomic mass is 19.4. The number of nitrogens with zero attached hydrogens (tertiary/aromatic N) is 3. The molecule has 5 nitrogen and oxygen atoms in total. The van der Waals surface area contributed by atoms with Crippen molar-refractivity contribution in [1.29, 1.82) is 0 Å². The van der Waals surface area contributed by atoms with Crippen LogP contribution in [-0.2, 0) is 23.8 Å². The summed E-state index contributed by atoms with van der Waals surface area (Å²) >= 11 is 0. The molecule has 1 amide bonds. The average Bonchev–Trinajstić information content (AvgIpc) is 2.68. The van der Waals surface area contributed by atoms with Crippen molar-refractivity contribution in [1.82, 2.24) is 14.9 Å². The van der Waals surface area contributed by atoms with Crippen LogP contribution in [0.1, 0.15) is 36.1 Å². The van der Waals surface area contributed by atoms with Gasteiger partial charge in [0.15, 0.2) is 0 Å². The summed E-state index contributed by atoms with van der Waals surface area (Å²) in [7, 11) is 1.60. The monoisotopic (exact) mass is 393 g/mol. The first-order valence-corrected chi connectivity index (χ1v) is 9.17.